The maximum absolute atomic E-state index is 14.8. The highest BCUT2D eigenvalue weighted by Gasteiger charge is 2.57. The highest BCUT2D eigenvalue weighted by atomic mass is 32.2. The quantitative estimate of drug-likeness (QED) is 0.0417. The number of carbonyl (C=O) groups is 2. The Morgan fingerprint density at radius 3 is 1.46 bits per heavy atom. The van der Waals surface area contributed by atoms with E-state index < -0.39 is 30.6 Å². The molecule has 0 aromatic carbocycles. The molecule has 332 valence electrons. The molecule has 1 fully saturated rings. The van der Waals surface area contributed by atoms with Crippen LogP contribution in [0.1, 0.15) is 245 Å². The summed E-state index contributed by atoms with van der Waals surface area (Å²) in [5, 5.41) is 23.2. The molecule has 0 aromatic rings. The zero-order valence-corrected chi connectivity index (χ0v) is 38.4. The van der Waals surface area contributed by atoms with Crippen LogP contribution in [0.25, 0.3) is 0 Å². The number of rotatable bonds is 42. The molecule has 1 rings (SSSR count). The van der Waals surface area contributed by atoms with Gasteiger partial charge in [0.25, 0.3) is 0 Å². The van der Waals surface area contributed by atoms with E-state index in [-0.39, 0.29) is 18.4 Å². The Hall–Kier alpha value is -0.830. The average molecular weight is 811 g/mol. The van der Waals surface area contributed by atoms with Gasteiger partial charge in [0, 0.05) is 25.3 Å². The van der Waals surface area contributed by atoms with Gasteiger partial charge in [-0.1, -0.05) is 213 Å². The predicted molar refractivity (Wildman–Crippen MR) is 241 cm³/mol. The molecule has 0 spiro atoms. The molecule has 3 N–H and O–H groups in total. The molecule has 1 saturated heterocycles. The Morgan fingerprint density at radius 2 is 1.05 bits per heavy atom. The molecular weight excluding hydrogens is 717 g/mol. The number of nitrogens with zero attached hydrogens (tertiary/aromatic N) is 1. The van der Waals surface area contributed by atoms with Crippen molar-refractivity contribution in [2.75, 3.05) is 25.2 Å². The zero-order valence-electron chi connectivity index (χ0n) is 37.6. The predicted octanol–water partition coefficient (Wildman–Crippen LogP) is 13.0. The number of nitrogens with one attached hydrogen (secondary N) is 1. The van der Waals surface area contributed by atoms with Gasteiger partial charge >= 0.3 is 5.97 Å². The maximum Gasteiger partial charge on any atom is 0.349 e. The summed E-state index contributed by atoms with van der Waals surface area (Å²) in [5.41, 5.74) is -1.32. The SMILES string of the molecule is CCCCCCCCCCCCCCCCCCC(CCCC)C(=O)N1C(CCCCCCCCCCCCCCC)OC(=O)C1(CCSC)NCC(O)CO. The molecule has 1 aliphatic rings. The fourth-order valence-corrected chi connectivity index (χ4v) is 9.02. The van der Waals surface area contributed by atoms with Crippen molar-refractivity contribution in [3.05, 3.63) is 0 Å². The largest absolute Gasteiger partial charge is 0.439 e. The normalized spacial score (nSPS) is 18.1. The maximum atomic E-state index is 14.8. The summed E-state index contributed by atoms with van der Waals surface area (Å²) in [6, 6.07) is 0. The van der Waals surface area contributed by atoms with Crippen molar-refractivity contribution in [2.45, 2.75) is 263 Å². The van der Waals surface area contributed by atoms with E-state index in [1.807, 2.05) is 6.26 Å². The van der Waals surface area contributed by atoms with Crippen LogP contribution in [0.3, 0.4) is 0 Å². The van der Waals surface area contributed by atoms with Crippen LogP contribution in [-0.4, -0.2) is 70.1 Å². The van der Waals surface area contributed by atoms with E-state index in [1.54, 1.807) is 16.7 Å². The summed E-state index contributed by atoms with van der Waals surface area (Å²) in [6.07, 6.45) is 42.8. The highest BCUT2D eigenvalue weighted by Crippen LogP contribution is 2.37. The number of aliphatic hydroxyl groups is 2. The summed E-state index contributed by atoms with van der Waals surface area (Å²) in [5.74, 6) is 0.132. The molecule has 0 saturated carbocycles. The standard InChI is InChI=1S/C48H94N2O5S/c1-5-8-11-13-15-17-19-21-22-23-25-26-28-30-32-34-37-43(36-10-7-3)46(53)50-45(38-35-33-31-29-27-24-20-18-16-14-12-9-6-2)55-47(54)48(50,39-40-56-4)49-41-44(52)42-51/h43-45,49,51-52H,5-42H2,1-4H3. The Morgan fingerprint density at radius 1 is 0.661 bits per heavy atom. The fraction of sp³-hybridized carbons (Fsp3) is 0.958. The molecule has 1 amide bonds. The van der Waals surface area contributed by atoms with E-state index in [0.29, 0.717) is 18.6 Å². The van der Waals surface area contributed by atoms with Gasteiger partial charge in [0.1, 0.15) is 0 Å². The van der Waals surface area contributed by atoms with Crippen LogP contribution < -0.4 is 5.32 Å². The minimum absolute atomic E-state index is 0.0218. The second kappa shape index (κ2) is 37.2. The minimum atomic E-state index is -1.32. The van der Waals surface area contributed by atoms with E-state index in [0.717, 1.165) is 51.4 Å². The number of aliphatic hydroxyl groups excluding tert-OH is 2. The topological polar surface area (TPSA) is 99.1 Å². The monoisotopic (exact) mass is 811 g/mol. The second-order valence-corrected chi connectivity index (χ2v) is 18.3. The summed E-state index contributed by atoms with van der Waals surface area (Å²) in [6.45, 7) is 6.35. The molecule has 0 bridgehead atoms. The molecule has 1 heterocycles. The molecule has 56 heavy (non-hydrogen) atoms. The number of ether oxygens (including phenoxy) is 1. The number of hydrogen-bond acceptors (Lipinski definition) is 7. The van der Waals surface area contributed by atoms with Gasteiger partial charge in [-0.05, 0) is 31.3 Å². The number of hydrogen-bond donors (Lipinski definition) is 3. The minimum Gasteiger partial charge on any atom is -0.439 e. The first kappa shape index (κ1) is 53.2. The van der Waals surface area contributed by atoms with E-state index in [2.05, 4.69) is 26.1 Å². The van der Waals surface area contributed by atoms with Gasteiger partial charge in [0.15, 0.2) is 11.9 Å². The van der Waals surface area contributed by atoms with Gasteiger partial charge in [0.2, 0.25) is 5.91 Å². The second-order valence-electron chi connectivity index (χ2n) is 17.4. The van der Waals surface area contributed by atoms with E-state index in [1.165, 1.54) is 161 Å². The third-order valence-corrected chi connectivity index (χ3v) is 12.9. The number of cyclic esters (lactones) is 1. The first-order valence-corrected chi connectivity index (χ1v) is 25.9. The lowest BCUT2D eigenvalue weighted by Crippen LogP contribution is -2.65. The van der Waals surface area contributed by atoms with Crippen molar-refractivity contribution in [3.8, 4) is 0 Å². The third-order valence-electron chi connectivity index (χ3n) is 12.2. The first-order chi connectivity index (χ1) is 27.4. The number of unbranched alkanes of at least 4 members (excludes halogenated alkanes) is 28. The smallest absolute Gasteiger partial charge is 0.349 e. The lowest BCUT2D eigenvalue weighted by Gasteiger charge is -2.39. The fourth-order valence-electron chi connectivity index (χ4n) is 8.52. The summed E-state index contributed by atoms with van der Waals surface area (Å²) in [7, 11) is 0. The van der Waals surface area contributed by atoms with Gasteiger partial charge in [-0.2, -0.15) is 11.8 Å². The molecule has 0 aromatic heterocycles. The van der Waals surface area contributed by atoms with Crippen molar-refractivity contribution >= 4 is 23.6 Å². The van der Waals surface area contributed by atoms with Crippen molar-refractivity contribution in [3.63, 3.8) is 0 Å². The van der Waals surface area contributed by atoms with Gasteiger partial charge in [-0.15, -0.1) is 0 Å². The van der Waals surface area contributed by atoms with Crippen molar-refractivity contribution in [1.29, 1.82) is 0 Å². The average Bonchev–Trinajstić information content (AvgIpc) is 3.48. The Balaban J connectivity index is 2.71. The summed E-state index contributed by atoms with van der Waals surface area (Å²) in [4.78, 5) is 30.4. The molecule has 4 unspecified atom stereocenters. The van der Waals surface area contributed by atoms with Crippen LogP contribution in [0.15, 0.2) is 0 Å². The molecule has 7 nitrogen and oxygen atoms in total. The number of amides is 1. The van der Waals surface area contributed by atoms with Crippen molar-refractivity contribution in [2.24, 2.45) is 5.92 Å². The number of esters is 1. The molecule has 1 aliphatic heterocycles. The Labute approximate surface area is 351 Å². The van der Waals surface area contributed by atoms with Crippen LogP contribution in [0.5, 0.6) is 0 Å². The first-order valence-electron chi connectivity index (χ1n) is 24.5. The zero-order chi connectivity index (χ0) is 41.0. The Bertz CT molecular complexity index is 909. The van der Waals surface area contributed by atoms with Crippen LogP contribution in [0, 0.1) is 5.92 Å². The van der Waals surface area contributed by atoms with Gasteiger partial charge in [0.05, 0.1) is 12.7 Å². The summed E-state index contributed by atoms with van der Waals surface area (Å²) >= 11 is 1.64. The molecule has 0 aliphatic carbocycles. The third kappa shape index (κ3) is 24.3. The van der Waals surface area contributed by atoms with E-state index in [9.17, 15) is 19.8 Å². The van der Waals surface area contributed by atoms with E-state index >= 15 is 0 Å². The molecular formula is C48H94N2O5S. The summed E-state index contributed by atoms with van der Waals surface area (Å²) < 4.78 is 6.12. The van der Waals surface area contributed by atoms with Gasteiger partial charge in [-0.3, -0.25) is 15.0 Å². The lowest BCUT2D eigenvalue weighted by atomic mass is 9.91. The lowest BCUT2D eigenvalue weighted by molar-refractivity contribution is -0.149. The molecule has 4 atom stereocenters. The van der Waals surface area contributed by atoms with E-state index in [4.69, 9.17) is 4.74 Å². The van der Waals surface area contributed by atoms with Crippen LogP contribution >= 0.6 is 11.8 Å². The molecule has 8 heteroatoms. The van der Waals surface area contributed by atoms with Crippen LogP contribution in [-0.2, 0) is 14.3 Å². The number of carbonyl (C=O) groups excluding carboxylic acids is 2. The van der Waals surface area contributed by atoms with Crippen LogP contribution in [0.2, 0.25) is 0 Å². The highest BCUT2D eigenvalue weighted by molar-refractivity contribution is 7.98. The van der Waals surface area contributed by atoms with Gasteiger partial charge in [-0.25, -0.2) is 4.79 Å². The van der Waals surface area contributed by atoms with Gasteiger partial charge < -0.3 is 14.9 Å². The Kier molecular flexibility index (Phi) is 35.3. The van der Waals surface area contributed by atoms with Crippen molar-refractivity contribution in [1.82, 2.24) is 10.2 Å². The molecule has 0 radical (unpaired) electrons. The van der Waals surface area contributed by atoms with Crippen molar-refractivity contribution < 1.29 is 24.5 Å². The number of thioether (sulfide) groups is 1. The van der Waals surface area contributed by atoms with Crippen LogP contribution in [0.4, 0.5) is 0 Å².